The molecule has 1 aromatic rings. The van der Waals surface area contributed by atoms with Gasteiger partial charge in [0.1, 0.15) is 7.93 Å². The van der Waals surface area contributed by atoms with E-state index >= 15 is 0 Å². The van der Waals surface area contributed by atoms with Crippen LogP contribution in [0, 0.1) is 0 Å². The number of phenolic OH excluding ortho intramolecular Hbond substituents is 2. The maximum Gasteiger partial charge on any atom is 0.205 e. The Balaban J connectivity index is 3.05. The third kappa shape index (κ3) is 1.87. The first-order chi connectivity index (χ1) is 5.65. The van der Waals surface area contributed by atoms with Gasteiger partial charge in [-0.3, -0.25) is 4.79 Å². The summed E-state index contributed by atoms with van der Waals surface area (Å²) >= 11 is 5.26. The summed E-state index contributed by atoms with van der Waals surface area (Å²) in [5.41, 5.74) is -0.0334. The van der Waals surface area contributed by atoms with E-state index in [1.807, 2.05) is 0 Å². The van der Waals surface area contributed by atoms with Crippen molar-refractivity contribution >= 4 is 24.7 Å². The minimum Gasteiger partial charge on any atom is -0.504 e. The first-order valence-corrected chi connectivity index (χ1v) is 4.83. The van der Waals surface area contributed by atoms with E-state index in [9.17, 15) is 4.79 Å². The molecule has 1 aromatic carbocycles. The third-order valence-electron chi connectivity index (χ3n) is 1.30. The van der Waals surface area contributed by atoms with Crippen LogP contribution in [-0.4, -0.2) is 15.7 Å². The second-order valence-electron chi connectivity index (χ2n) is 2.09. The van der Waals surface area contributed by atoms with E-state index in [2.05, 4.69) is 0 Å². The number of phenols is 2. The summed E-state index contributed by atoms with van der Waals surface area (Å²) in [6.45, 7) is 0. The Kier molecular flexibility index (Phi) is 2.90. The lowest BCUT2D eigenvalue weighted by molar-refractivity contribution is 0.108. The first-order valence-electron chi connectivity index (χ1n) is 3.03. The van der Waals surface area contributed by atoms with Gasteiger partial charge in [-0.1, -0.05) is 11.2 Å². The van der Waals surface area contributed by atoms with Crippen LogP contribution in [0.5, 0.6) is 11.5 Å². The molecule has 0 aliphatic carbocycles. The molecule has 0 bridgehead atoms. The molecule has 1 radical (unpaired) electrons. The summed E-state index contributed by atoms with van der Waals surface area (Å²) in [4.78, 5) is 10.9. The lowest BCUT2D eigenvalue weighted by Gasteiger charge is -1.98. The smallest absolute Gasteiger partial charge is 0.205 e. The monoisotopic (exact) mass is 203 g/mol. The zero-order valence-electron chi connectivity index (χ0n) is 5.86. The second-order valence-corrected chi connectivity index (χ2v) is 3.18. The summed E-state index contributed by atoms with van der Waals surface area (Å²) in [6.07, 6.45) is 0. The van der Waals surface area contributed by atoms with Crippen LogP contribution in [0.25, 0.3) is 0 Å². The van der Waals surface area contributed by atoms with E-state index in [1.54, 1.807) is 0 Å². The van der Waals surface area contributed by atoms with E-state index < -0.39 is 0 Å². The van der Waals surface area contributed by atoms with Crippen LogP contribution < -0.4 is 0 Å². The van der Waals surface area contributed by atoms with Crippen molar-refractivity contribution in [2.75, 3.05) is 0 Å². The van der Waals surface area contributed by atoms with Gasteiger partial charge in [0.2, 0.25) is 5.52 Å². The number of aromatic hydroxyl groups is 2. The zero-order chi connectivity index (χ0) is 9.14. The molecule has 5 heteroatoms. The number of benzene rings is 1. The van der Waals surface area contributed by atoms with Crippen molar-refractivity contribution in [3.8, 4) is 11.5 Å². The Morgan fingerprint density at radius 3 is 2.50 bits per heavy atom. The Morgan fingerprint density at radius 1 is 1.33 bits per heavy atom. The summed E-state index contributed by atoms with van der Waals surface area (Å²) in [5.74, 6) is -0.570. The molecule has 1 rings (SSSR count). The molecule has 0 aromatic heterocycles. The average molecular weight is 204 g/mol. The summed E-state index contributed by atoms with van der Waals surface area (Å²) in [7, 11) is 0.0879. The largest absolute Gasteiger partial charge is 0.504 e. The normalized spacial score (nSPS) is 10.8. The highest BCUT2D eigenvalue weighted by molar-refractivity contribution is 7.83. The quantitative estimate of drug-likeness (QED) is 0.573. The minimum absolute atomic E-state index is 0.0879. The van der Waals surface area contributed by atoms with Gasteiger partial charge in [-0.15, -0.1) is 0 Å². The van der Waals surface area contributed by atoms with Crippen LogP contribution in [0.1, 0.15) is 10.4 Å². The van der Waals surface area contributed by atoms with Gasteiger partial charge in [0, 0.05) is 5.56 Å². The van der Waals surface area contributed by atoms with Crippen LogP contribution in [-0.2, 0) is 0 Å². The van der Waals surface area contributed by atoms with Gasteiger partial charge < -0.3 is 10.2 Å². The topological polar surface area (TPSA) is 57.5 Å². The summed E-state index contributed by atoms with van der Waals surface area (Å²) in [5, 5.41) is 17.9. The maximum absolute atomic E-state index is 10.9. The van der Waals surface area contributed by atoms with Gasteiger partial charge >= 0.3 is 0 Å². The molecule has 0 heterocycles. The highest BCUT2D eigenvalue weighted by Crippen LogP contribution is 2.29. The van der Waals surface area contributed by atoms with E-state index in [1.165, 1.54) is 18.2 Å². The Labute approximate surface area is 75.6 Å². The summed E-state index contributed by atoms with van der Waals surface area (Å²) in [6, 6.07) is 3.81. The average Bonchev–Trinajstić information content (AvgIpc) is 2.08. The van der Waals surface area contributed by atoms with Crippen molar-refractivity contribution in [2.24, 2.45) is 0 Å². The van der Waals surface area contributed by atoms with Gasteiger partial charge in [-0.25, -0.2) is 0 Å². The number of rotatable bonds is 2. The lowest BCUT2D eigenvalue weighted by Crippen LogP contribution is -1.87. The number of carbonyl (C=O) groups is 1. The van der Waals surface area contributed by atoms with Gasteiger partial charge in [0.15, 0.2) is 11.5 Å². The van der Waals surface area contributed by atoms with Crippen LogP contribution in [0.2, 0.25) is 0 Å². The number of hydrogen-bond acceptors (Lipinski definition) is 3. The van der Waals surface area contributed by atoms with Crippen LogP contribution >= 0.6 is 19.2 Å². The van der Waals surface area contributed by atoms with E-state index in [4.69, 9.17) is 21.5 Å². The van der Waals surface area contributed by atoms with Crippen molar-refractivity contribution in [2.45, 2.75) is 0 Å². The number of halogens is 1. The molecular formula is C7H5ClO3P. The number of carbonyl (C=O) groups excluding carboxylic acids is 1. The Bertz CT molecular complexity index is 314. The molecule has 0 aliphatic heterocycles. The molecule has 0 amide bonds. The summed E-state index contributed by atoms with van der Waals surface area (Å²) < 4.78 is 0. The van der Waals surface area contributed by atoms with Crippen molar-refractivity contribution in [3.63, 3.8) is 0 Å². The van der Waals surface area contributed by atoms with Gasteiger partial charge in [0.05, 0.1) is 0 Å². The molecule has 12 heavy (non-hydrogen) atoms. The van der Waals surface area contributed by atoms with Crippen LogP contribution in [0.4, 0.5) is 0 Å². The Morgan fingerprint density at radius 2 is 2.00 bits per heavy atom. The SMILES string of the molecule is O=C([P]Cl)c1ccc(O)c(O)c1. The van der Waals surface area contributed by atoms with E-state index in [0.29, 0.717) is 0 Å². The predicted octanol–water partition coefficient (Wildman–Crippen LogP) is 2.34. The second kappa shape index (κ2) is 3.74. The molecule has 3 nitrogen and oxygen atoms in total. The fraction of sp³-hybridized carbons (Fsp3) is 0. The van der Waals surface area contributed by atoms with Crippen molar-refractivity contribution in [3.05, 3.63) is 23.8 Å². The minimum atomic E-state index is -0.318. The fourth-order valence-electron chi connectivity index (χ4n) is 0.705. The standard InChI is InChI=1S/C7H5ClO3P/c8-12-7(11)4-1-2-5(9)6(10)3-4/h1-3,9-10H. The third-order valence-corrected chi connectivity index (χ3v) is 2.17. The fourth-order valence-corrected chi connectivity index (χ4v) is 1.23. The highest BCUT2D eigenvalue weighted by atomic mass is 35.7. The molecule has 63 valence electrons. The molecule has 0 unspecified atom stereocenters. The van der Waals surface area contributed by atoms with E-state index in [-0.39, 0.29) is 30.5 Å². The van der Waals surface area contributed by atoms with Gasteiger partial charge in [-0.2, -0.15) is 0 Å². The van der Waals surface area contributed by atoms with Crippen LogP contribution in [0.15, 0.2) is 18.2 Å². The number of hydrogen-bond donors (Lipinski definition) is 2. The lowest BCUT2D eigenvalue weighted by atomic mass is 10.2. The molecular weight excluding hydrogens is 199 g/mol. The molecule has 0 fully saturated rings. The van der Waals surface area contributed by atoms with Crippen molar-refractivity contribution in [1.82, 2.24) is 0 Å². The zero-order valence-corrected chi connectivity index (χ0v) is 7.51. The van der Waals surface area contributed by atoms with Crippen LogP contribution in [0.3, 0.4) is 0 Å². The maximum atomic E-state index is 10.9. The molecule has 0 atom stereocenters. The predicted molar refractivity (Wildman–Crippen MR) is 46.9 cm³/mol. The Hall–Kier alpha value is -0.790. The molecule has 0 spiro atoms. The molecule has 0 saturated heterocycles. The molecule has 2 N–H and O–H groups in total. The van der Waals surface area contributed by atoms with Gasteiger partial charge in [0.25, 0.3) is 0 Å². The highest BCUT2D eigenvalue weighted by Gasteiger charge is 2.07. The molecule has 0 saturated carbocycles. The van der Waals surface area contributed by atoms with Crippen molar-refractivity contribution < 1.29 is 15.0 Å². The first kappa shape index (κ1) is 9.30. The van der Waals surface area contributed by atoms with Gasteiger partial charge in [-0.05, 0) is 18.2 Å². The van der Waals surface area contributed by atoms with Crippen molar-refractivity contribution in [1.29, 1.82) is 0 Å². The van der Waals surface area contributed by atoms with E-state index in [0.717, 1.165) is 0 Å². The molecule has 0 aliphatic rings.